The SMILES string of the molecule is Clc1ccc2sc(C=Cc3cccnc3)nc2c1. The first kappa shape index (κ1) is 11.4. The molecular weight excluding hydrogens is 264 g/mol. The topological polar surface area (TPSA) is 25.8 Å². The molecule has 2 nitrogen and oxygen atoms in total. The predicted octanol–water partition coefficient (Wildman–Crippen LogP) is 4.52. The zero-order valence-corrected chi connectivity index (χ0v) is 10.9. The molecule has 0 spiro atoms. The maximum absolute atomic E-state index is 5.94. The number of hydrogen-bond acceptors (Lipinski definition) is 3. The number of benzene rings is 1. The highest BCUT2D eigenvalue weighted by molar-refractivity contribution is 7.19. The summed E-state index contributed by atoms with van der Waals surface area (Å²) in [5.74, 6) is 0. The maximum Gasteiger partial charge on any atom is 0.117 e. The zero-order chi connectivity index (χ0) is 12.4. The zero-order valence-electron chi connectivity index (χ0n) is 9.38. The van der Waals surface area contributed by atoms with Gasteiger partial charge in [0.15, 0.2) is 0 Å². The Morgan fingerprint density at radius 1 is 1.17 bits per heavy atom. The molecule has 0 bridgehead atoms. The first-order valence-corrected chi connectivity index (χ1v) is 6.65. The Hall–Kier alpha value is -1.71. The minimum Gasteiger partial charge on any atom is -0.264 e. The Bertz CT molecular complexity index is 704. The average molecular weight is 273 g/mol. The van der Waals surface area contributed by atoms with E-state index in [9.17, 15) is 0 Å². The molecule has 0 atom stereocenters. The smallest absolute Gasteiger partial charge is 0.117 e. The van der Waals surface area contributed by atoms with Gasteiger partial charge in [-0.25, -0.2) is 4.98 Å². The second kappa shape index (κ2) is 4.88. The summed E-state index contributed by atoms with van der Waals surface area (Å²) in [6.45, 7) is 0. The van der Waals surface area contributed by atoms with Crippen molar-refractivity contribution in [3.8, 4) is 0 Å². The summed E-state index contributed by atoms with van der Waals surface area (Å²) in [7, 11) is 0. The lowest BCUT2D eigenvalue weighted by Crippen LogP contribution is -1.73. The summed E-state index contributed by atoms with van der Waals surface area (Å²) in [5, 5.41) is 1.69. The Kier molecular flexibility index (Phi) is 3.09. The summed E-state index contributed by atoms with van der Waals surface area (Å²) < 4.78 is 1.14. The van der Waals surface area contributed by atoms with Gasteiger partial charge < -0.3 is 0 Å². The summed E-state index contributed by atoms with van der Waals surface area (Å²) in [5.41, 5.74) is 2.01. The van der Waals surface area contributed by atoms with Gasteiger partial charge in [0.25, 0.3) is 0 Å². The van der Waals surface area contributed by atoms with Crippen molar-refractivity contribution in [1.82, 2.24) is 9.97 Å². The molecule has 0 unspecified atom stereocenters. The fraction of sp³-hybridized carbons (Fsp3) is 0. The van der Waals surface area contributed by atoms with E-state index >= 15 is 0 Å². The van der Waals surface area contributed by atoms with Gasteiger partial charge in [-0.1, -0.05) is 23.7 Å². The molecule has 2 heterocycles. The third kappa shape index (κ3) is 2.42. The first-order chi connectivity index (χ1) is 8.81. The lowest BCUT2D eigenvalue weighted by molar-refractivity contribution is 1.32. The minimum atomic E-state index is 0.718. The third-order valence-electron chi connectivity index (χ3n) is 2.47. The van der Waals surface area contributed by atoms with Gasteiger partial charge in [-0.15, -0.1) is 11.3 Å². The van der Waals surface area contributed by atoms with Crippen LogP contribution in [-0.4, -0.2) is 9.97 Å². The molecule has 1 aromatic carbocycles. The number of hydrogen-bond donors (Lipinski definition) is 0. The van der Waals surface area contributed by atoms with E-state index in [0.717, 1.165) is 25.8 Å². The van der Waals surface area contributed by atoms with Crippen molar-refractivity contribution >= 4 is 45.3 Å². The molecule has 4 heteroatoms. The molecule has 0 amide bonds. The van der Waals surface area contributed by atoms with Crippen LogP contribution in [0.3, 0.4) is 0 Å². The maximum atomic E-state index is 5.94. The van der Waals surface area contributed by atoms with Crippen LogP contribution in [0.2, 0.25) is 5.02 Å². The van der Waals surface area contributed by atoms with E-state index in [1.165, 1.54) is 0 Å². The Labute approximate surface area is 114 Å². The van der Waals surface area contributed by atoms with Crippen LogP contribution in [0.15, 0.2) is 42.7 Å². The average Bonchev–Trinajstić information content (AvgIpc) is 2.79. The highest BCUT2D eigenvalue weighted by Gasteiger charge is 2.01. The summed E-state index contributed by atoms with van der Waals surface area (Å²) in [6, 6.07) is 9.69. The Morgan fingerprint density at radius 3 is 2.94 bits per heavy atom. The second-order valence-corrected chi connectivity index (χ2v) is 5.28. The quantitative estimate of drug-likeness (QED) is 0.686. The largest absolute Gasteiger partial charge is 0.264 e. The number of halogens is 1. The molecule has 0 aliphatic rings. The van der Waals surface area contributed by atoms with Crippen molar-refractivity contribution in [2.24, 2.45) is 0 Å². The molecule has 3 rings (SSSR count). The van der Waals surface area contributed by atoms with Crippen LogP contribution in [0.4, 0.5) is 0 Å². The Morgan fingerprint density at radius 2 is 2.11 bits per heavy atom. The van der Waals surface area contributed by atoms with Crippen molar-refractivity contribution < 1.29 is 0 Å². The molecule has 0 saturated heterocycles. The van der Waals surface area contributed by atoms with Crippen molar-refractivity contribution in [2.75, 3.05) is 0 Å². The standard InChI is InChI=1S/C14H9ClN2S/c15-11-4-5-13-12(8-11)17-14(18-13)6-3-10-2-1-7-16-9-10/h1-9H. The van der Waals surface area contributed by atoms with Gasteiger partial charge in [0.05, 0.1) is 10.2 Å². The molecule has 88 valence electrons. The monoisotopic (exact) mass is 272 g/mol. The van der Waals surface area contributed by atoms with E-state index in [1.807, 2.05) is 48.7 Å². The van der Waals surface area contributed by atoms with E-state index < -0.39 is 0 Å². The van der Waals surface area contributed by atoms with Crippen molar-refractivity contribution in [2.45, 2.75) is 0 Å². The number of aromatic nitrogens is 2. The van der Waals surface area contributed by atoms with E-state index in [2.05, 4.69) is 9.97 Å². The van der Waals surface area contributed by atoms with Crippen molar-refractivity contribution in [3.05, 3.63) is 58.3 Å². The highest BCUT2D eigenvalue weighted by atomic mass is 35.5. The highest BCUT2D eigenvalue weighted by Crippen LogP contribution is 2.25. The molecule has 0 N–H and O–H groups in total. The summed E-state index contributed by atoms with van der Waals surface area (Å²) in [6.07, 6.45) is 7.58. The molecule has 0 fully saturated rings. The summed E-state index contributed by atoms with van der Waals surface area (Å²) in [4.78, 5) is 8.58. The lowest BCUT2D eigenvalue weighted by atomic mass is 10.3. The van der Waals surface area contributed by atoms with Crippen LogP contribution in [0.1, 0.15) is 10.6 Å². The first-order valence-electron chi connectivity index (χ1n) is 5.45. The molecule has 2 aromatic heterocycles. The molecule has 0 saturated carbocycles. The van der Waals surface area contributed by atoms with Gasteiger partial charge in [-0.05, 0) is 35.9 Å². The number of thiazole rings is 1. The minimum absolute atomic E-state index is 0.718. The molecule has 0 aliphatic heterocycles. The van der Waals surface area contributed by atoms with E-state index in [0.29, 0.717) is 0 Å². The van der Waals surface area contributed by atoms with E-state index in [-0.39, 0.29) is 0 Å². The molecule has 18 heavy (non-hydrogen) atoms. The summed E-state index contributed by atoms with van der Waals surface area (Å²) >= 11 is 7.59. The van der Waals surface area contributed by atoms with Gasteiger partial charge >= 0.3 is 0 Å². The predicted molar refractivity (Wildman–Crippen MR) is 77.8 cm³/mol. The van der Waals surface area contributed by atoms with Crippen LogP contribution >= 0.6 is 22.9 Å². The van der Waals surface area contributed by atoms with Gasteiger partial charge in [0, 0.05) is 17.4 Å². The fourth-order valence-electron chi connectivity index (χ4n) is 1.63. The van der Waals surface area contributed by atoms with E-state index in [1.54, 1.807) is 17.5 Å². The number of fused-ring (bicyclic) bond motifs is 1. The number of nitrogens with zero attached hydrogens (tertiary/aromatic N) is 2. The van der Waals surface area contributed by atoms with Crippen LogP contribution in [0.5, 0.6) is 0 Å². The molecule has 0 radical (unpaired) electrons. The van der Waals surface area contributed by atoms with Gasteiger partial charge in [-0.2, -0.15) is 0 Å². The molecule has 3 aromatic rings. The number of pyridine rings is 1. The third-order valence-corrected chi connectivity index (χ3v) is 3.71. The fourth-order valence-corrected chi connectivity index (χ4v) is 2.65. The molecular formula is C14H9ClN2S. The van der Waals surface area contributed by atoms with Gasteiger partial charge in [0.1, 0.15) is 5.01 Å². The van der Waals surface area contributed by atoms with Gasteiger partial charge in [0.2, 0.25) is 0 Å². The lowest BCUT2D eigenvalue weighted by Gasteiger charge is -1.88. The van der Waals surface area contributed by atoms with E-state index in [4.69, 9.17) is 11.6 Å². The molecule has 0 aliphatic carbocycles. The van der Waals surface area contributed by atoms with Crippen LogP contribution in [0.25, 0.3) is 22.4 Å². The second-order valence-electron chi connectivity index (χ2n) is 3.78. The normalized spacial score (nSPS) is 11.4. The number of rotatable bonds is 2. The van der Waals surface area contributed by atoms with Gasteiger partial charge in [-0.3, -0.25) is 4.98 Å². The van der Waals surface area contributed by atoms with Crippen LogP contribution < -0.4 is 0 Å². The van der Waals surface area contributed by atoms with Crippen LogP contribution in [0, 0.1) is 0 Å². The van der Waals surface area contributed by atoms with Crippen molar-refractivity contribution in [1.29, 1.82) is 0 Å². The Balaban J connectivity index is 1.93. The van der Waals surface area contributed by atoms with Crippen molar-refractivity contribution in [3.63, 3.8) is 0 Å². The van der Waals surface area contributed by atoms with Crippen LogP contribution in [-0.2, 0) is 0 Å².